The number of carbonyl (C=O) groups excluding carboxylic acids is 1. The second kappa shape index (κ2) is 10.2. The van der Waals surface area contributed by atoms with Gasteiger partial charge in [-0.2, -0.15) is 0 Å². The minimum absolute atomic E-state index is 0.103. The van der Waals surface area contributed by atoms with E-state index < -0.39 is 0 Å². The zero-order chi connectivity index (χ0) is 18.1. The number of hydrogen-bond acceptors (Lipinski definition) is 3. The van der Waals surface area contributed by atoms with Crippen molar-refractivity contribution in [3.05, 3.63) is 64.9 Å². The van der Waals surface area contributed by atoms with Crippen molar-refractivity contribution in [1.29, 1.82) is 0 Å². The summed E-state index contributed by atoms with van der Waals surface area (Å²) >= 11 is 7.28. The summed E-state index contributed by atoms with van der Waals surface area (Å²) in [5.74, 6) is -0.674. The maximum Gasteiger partial charge on any atom is 0.244 e. The van der Waals surface area contributed by atoms with Gasteiger partial charge < -0.3 is 10.4 Å². The number of rotatable bonds is 8. The van der Waals surface area contributed by atoms with Gasteiger partial charge in [0, 0.05) is 39.6 Å². The molecule has 0 atom stereocenters. The van der Waals surface area contributed by atoms with Crippen molar-refractivity contribution in [1.82, 2.24) is 5.32 Å². The molecule has 0 unspecified atom stereocenters. The minimum Gasteiger partial charge on any atom is -0.396 e. The van der Waals surface area contributed by atoms with E-state index in [1.165, 1.54) is 30.0 Å². The Kier molecular flexibility index (Phi) is 7.98. The van der Waals surface area contributed by atoms with Gasteiger partial charge in [0.2, 0.25) is 5.91 Å². The Hall–Kier alpha value is -1.82. The molecule has 0 saturated heterocycles. The predicted molar refractivity (Wildman–Crippen MR) is 100 cm³/mol. The largest absolute Gasteiger partial charge is 0.396 e. The molecule has 3 nitrogen and oxygen atoms in total. The second-order valence-electron chi connectivity index (χ2n) is 5.26. The molecule has 2 aromatic carbocycles. The van der Waals surface area contributed by atoms with Crippen molar-refractivity contribution in [3.8, 4) is 0 Å². The standard InChI is InChI=1S/C19H19ClFNO2S/c20-14-6-8-15(9-7-14)25-18-5-3-4-17(21)16(18)10-11-19(24)22-12-1-2-13-23/h3-11,23H,1-2,12-13H2,(H,22,24)/b11-10+. The van der Waals surface area contributed by atoms with Gasteiger partial charge in [-0.1, -0.05) is 29.4 Å². The summed E-state index contributed by atoms with van der Waals surface area (Å²) in [7, 11) is 0. The quantitative estimate of drug-likeness (QED) is 0.523. The molecule has 0 aliphatic carbocycles. The van der Waals surface area contributed by atoms with Crippen molar-refractivity contribution in [2.24, 2.45) is 0 Å². The molecule has 0 aromatic heterocycles. The molecular formula is C19H19ClFNO2S. The number of unbranched alkanes of at least 4 members (excludes halogenated alkanes) is 1. The van der Waals surface area contributed by atoms with E-state index in [0.717, 1.165) is 4.90 Å². The summed E-state index contributed by atoms with van der Waals surface area (Å²) < 4.78 is 14.2. The first-order chi connectivity index (χ1) is 12.1. The lowest BCUT2D eigenvalue weighted by Gasteiger charge is -2.07. The number of amides is 1. The molecule has 0 bridgehead atoms. The lowest BCUT2D eigenvalue weighted by Crippen LogP contribution is -2.22. The number of benzene rings is 2. The molecule has 6 heteroatoms. The first-order valence-electron chi connectivity index (χ1n) is 7.89. The number of nitrogens with one attached hydrogen (secondary N) is 1. The van der Waals surface area contributed by atoms with E-state index in [4.69, 9.17) is 16.7 Å². The SMILES string of the molecule is O=C(/C=C/c1c(F)cccc1Sc1ccc(Cl)cc1)NCCCCO. The topological polar surface area (TPSA) is 49.3 Å². The second-order valence-corrected chi connectivity index (χ2v) is 6.81. The lowest BCUT2D eigenvalue weighted by atomic mass is 10.2. The van der Waals surface area contributed by atoms with Crippen LogP contribution in [-0.2, 0) is 4.79 Å². The first kappa shape index (κ1) is 19.5. The maximum atomic E-state index is 14.2. The highest BCUT2D eigenvalue weighted by molar-refractivity contribution is 7.99. The van der Waals surface area contributed by atoms with E-state index in [9.17, 15) is 9.18 Å². The number of hydrogen-bond donors (Lipinski definition) is 2. The van der Waals surface area contributed by atoms with Crippen molar-refractivity contribution in [2.45, 2.75) is 22.6 Å². The zero-order valence-electron chi connectivity index (χ0n) is 13.5. The van der Waals surface area contributed by atoms with Crippen molar-refractivity contribution >= 4 is 35.3 Å². The van der Waals surface area contributed by atoms with Crippen LogP contribution in [0.2, 0.25) is 5.02 Å². The smallest absolute Gasteiger partial charge is 0.244 e. The third kappa shape index (κ3) is 6.53. The van der Waals surface area contributed by atoms with Crippen molar-refractivity contribution in [2.75, 3.05) is 13.2 Å². The van der Waals surface area contributed by atoms with Crippen LogP contribution >= 0.6 is 23.4 Å². The third-order valence-electron chi connectivity index (χ3n) is 3.34. The van der Waals surface area contributed by atoms with Crippen LogP contribution in [0.5, 0.6) is 0 Å². The zero-order valence-corrected chi connectivity index (χ0v) is 15.1. The average Bonchev–Trinajstić information content (AvgIpc) is 2.60. The lowest BCUT2D eigenvalue weighted by molar-refractivity contribution is -0.116. The Morgan fingerprint density at radius 3 is 2.68 bits per heavy atom. The van der Waals surface area contributed by atoms with Crippen LogP contribution in [0.1, 0.15) is 18.4 Å². The van der Waals surface area contributed by atoms with Gasteiger partial charge in [-0.15, -0.1) is 0 Å². The fraction of sp³-hybridized carbons (Fsp3) is 0.211. The molecule has 0 spiro atoms. The Balaban J connectivity index is 2.08. The number of aliphatic hydroxyl groups is 1. The molecule has 0 fully saturated rings. The van der Waals surface area contributed by atoms with Gasteiger partial charge in [0.25, 0.3) is 0 Å². The molecule has 0 aliphatic heterocycles. The van der Waals surface area contributed by atoms with Gasteiger partial charge in [0.1, 0.15) is 5.82 Å². The molecule has 2 aromatic rings. The highest BCUT2D eigenvalue weighted by Crippen LogP contribution is 2.33. The monoisotopic (exact) mass is 379 g/mol. The summed E-state index contributed by atoms with van der Waals surface area (Å²) in [5, 5.41) is 12.0. The van der Waals surface area contributed by atoms with Gasteiger partial charge in [-0.3, -0.25) is 4.79 Å². The summed E-state index contributed by atoms with van der Waals surface area (Å²) in [5.41, 5.74) is 0.368. The van der Waals surface area contributed by atoms with Gasteiger partial charge in [-0.25, -0.2) is 4.39 Å². The molecule has 0 saturated carbocycles. The fourth-order valence-electron chi connectivity index (χ4n) is 2.06. The predicted octanol–water partition coefficient (Wildman–Crippen LogP) is 4.53. The number of aliphatic hydroxyl groups excluding tert-OH is 1. The summed E-state index contributed by atoms with van der Waals surface area (Å²) in [6.45, 7) is 0.583. The molecule has 132 valence electrons. The first-order valence-corrected chi connectivity index (χ1v) is 9.08. The van der Waals surface area contributed by atoms with E-state index in [0.29, 0.717) is 34.9 Å². The van der Waals surface area contributed by atoms with E-state index in [1.807, 2.05) is 12.1 Å². The van der Waals surface area contributed by atoms with E-state index >= 15 is 0 Å². The van der Waals surface area contributed by atoms with Gasteiger partial charge in [-0.05, 0) is 55.3 Å². The van der Waals surface area contributed by atoms with Crippen molar-refractivity contribution < 1.29 is 14.3 Å². The Morgan fingerprint density at radius 2 is 1.96 bits per heavy atom. The average molecular weight is 380 g/mol. The summed E-state index contributed by atoms with van der Waals surface area (Å²) in [6, 6.07) is 12.1. The molecular weight excluding hydrogens is 361 g/mol. The Bertz CT molecular complexity index is 735. The normalized spacial score (nSPS) is 11.0. The molecule has 2 rings (SSSR count). The van der Waals surface area contributed by atoms with Crippen LogP contribution < -0.4 is 5.32 Å². The van der Waals surface area contributed by atoms with E-state index in [-0.39, 0.29) is 18.3 Å². The molecule has 2 N–H and O–H groups in total. The molecule has 0 radical (unpaired) electrons. The van der Waals surface area contributed by atoms with E-state index in [2.05, 4.69) is 5.32 Å². The van der Waals surface area contributed by atoms with Gasteiger partial charge in [0.15, 0.2) is 0 Å². The highest BCUT2D eigenvalue weighted by Gasteiger charge is 2.08. The van der Waals surface area contributed by atoms with E-state index in [1.54, 1.807) is 24.3 Å². The molecule has 0 heterocycles. The van der Waals surface area contributed by atoms with Gasteiger partial charge >= 0.3 is 0 Å². The Labute approximate surface area is 155 Å². The van der Waals surface area contributed by atoms with Crippen LogP contribution in [-0.4, -0.2) is 24.2 Å². The van der Waals surface area contributed by atoms with Crippen LogP contribution in [0.4, 0.5) is 4.39 Å². The summed E-state index contributed by atoms with van der Waals surface area (Å²) in [4.78, 5) is 13.4. The molecule has 25 heavy (non-hydrogen) atoms. The fourth-order valence-corrected chi connectivity index (χ4v) is 3.14. The van der Waals surface area contributed by atoms with Crippen LogP contribution in [0.25, 0.3) is 6.08 Å². The molecule has 1 amide bonds. The number of halogens is 2. The third-order valence-corrected chi connectivity index (χ3v) is 4.68. The number of carbonyl (C=O) groups is 1. The van der Waals surface area contributed by atoms with Crippen LogP contribution in [0.15, 0.2) is 58.3 Å². The summed E-state index contributed by atoms with van der Waals surface area (Å²) in [6.07, 6.45) is 4.14. The molecule has 0 aliphatic rings. The van der Waals surface area contributed by atoms with Crippen molar-refractivity contribution in [3.63, 3.8) is 0 Å². The Morgan fingerprint density at radius 1 is 1.20 bits per heavy atom. The highest BCUT2D eigenvalue weighted by atomic mass is 35.5. The maximum absolute atomic E-state index is 14.2. The van der Waals surface area contributed by atoms with Crippen LogP contribution in [0.3, 0.4) is 0 Å². The minimum atomic E-state index is -0.386. The van der Waals surface area contributed by atoms with Gasteiger partial charge in [0.05, 0.1) is 0 Å². The van der Waals surface area contributed by atoms with Crippen LogP contribution in [0, 0.1) is 5.82 Å².